The number of hydrogen-bond donors (Lipinski definition) is 1. The second-order valence-electron chi connectivity index (χ2n) is 7.49. The maximum atomic E-state index is 12.6. The molecular weight excluding hydrogens is 346 g/mol. The van der Waals surface area contributed by atoms with Crippen LogP contribution in [0.5, 0.6) is 0 Å². The predicted molar refractivity (Wildman–Crippen MR) is 101 cm³/mol. The number of nitrogens with zero attached hydrogens (tertiary/aromatic N) is 2. The quantitative estimate of drug-likeness (QED) is 0.878. The molecule has 0 bridgehead atoms. The summed E-state index contributed by atoms with van der Waals surface area (Å²) in [7, 11) is -3.43. The van der Waals surface area contributed by atoms with Gasteiger partial charge in [0.15, 0.2) is 0 Å². The first kappa shape index (κ1) is 17.6. The summed E-state index contributed by atoms with van der Waals surface area (Å²) in [4.78, 5) is 7.19. The standard InChI is InChI=1S/C20H25N3O2S/c24-26(25,18-7-2-1-3-8-18)22-19-9-10-20(19)11-14-23(15-12-20)16-17-6-4-5-13-21-17/h1-8,13,19,22H,9-12,14-16H2. The Kier molecular flexibility index (Phi) is 4.82. The fourth-order valence-electron chi connectivity index (χ4n) is 4.21. The van der Waals surface area contributed by atoms with E-state index in [-0.39, 0.29) is 11.5 Å². The number of pyridine rings is 1. The lowest BCUT2D eigenvalue weighted by molar-refractivity contribution is 0.000386. The average molecular weight is 372 g/mol. The fraction of sp³-hybridized carbons (Fsp3) is 0.450. The van der Waals surface area contributed by atoms with Crippen LogP contribution < -0.4 is 4.72 Å². The van der Waals surface area contributed by atoms with Crippen LogP contribution in [0.1, 0.15) is 31.4 Å². The van der Waals surface area contributed by atoms with Crippen LogP contribution in [-0.2, 0) is 16.6 Å². The van der Waals surface area contributed by atoms with Gasteiger partial charge in [0.25, 0.3) is 0 Å². The lowest BCUT2D eigenvalue weighted by atomic mass is 9.59. The van der Waals surface area contributed by atoms with Crippen molar-refractivity contribution in [1.82, 2.24) is 14.6 Å². The van der Waals surface area contributed by atoms with Crippen molar-refractivity contribution < 1.29 is 8.42 Å². The zero-order chi connectivity index (χ0) is 18.0. The Bertz CT molecular complexity index is 832. The van der Waals surface area contributed by atoms with Crippen molar-refractivity contribution in [3.63, 3.8) is 0 Å². The number of hydrogen-bond acceptors (Lipinski definition) is 4. The molecule has 0 radical (unpaired) electrons. The monoisotopic (exact) mass is 371 g/mol. The van der Waals surface area contributed by atoms with E-state index in [0.29, 0.717) is 4.90 Å². The summed E-state index contributed by atoms with van der Waals surface area (Å²) in [5.74, 6) is 0. The molecule has 1 aromatic carbocycles. The number of piperidine rings is 1. The topological polar surface area (TPSA) is 62.3 Å². The van der Waals surface area contributed by atoms with Gasteiger partial charge in [-0.05, 0) is 68.5 Å². The lowest BCUT2D eigenvalue weighted by Crippen LogP contribution is -2.58. The first-order valence-corrected chi connectivity index (χ1v) is 10.8. The van der Waals surface area contributed by atoms with Crippen LogP contribution >= 0.6 is 0 Å². The van der Waals surface area contributed by atoms with Crippen LogP contribution in [0, 0.1) is 5.41 Å². The minimum absolute atomic E-state index is 0.0599. The highest BCUT2D eigenvalue weighted by molar-refractivity contribution is 7.89. The van der Waals surface area contributed by atoms with Crippen LogP contribution in [0.25, 0.3) is 0 Å². The van der Waals surface area contributed by atoms with E-state index in [2.05, 4.69) is 20.7 Å². The summed E-state index contributed by atoms with van der Waals surface area (Å²) in [6.45, 7) is 2.87. The zero-order valence-electron chi connectivity index (χ0n) is 14.8. The van der Waals surface area contributed by atoms with Crippen molar-refractivity contribution >= 4 is 10.0 Å². The van der Waals surface area contributed by atoms with Crippen molar-refractivity contribution in [3.05, 3.63) is 60.4 Å². The highest BCUT2D eigenvalue weighted by atomic mass is 32.2. The molecule has 2 fully saturated rings. The summed E-state index contributed by atoms with van der Waals surface area (Å²) in [5.41, 5.74) is 1.22. The third-order valence-corrected chi connectivity index (χ3v) is 7.47. The van der Waals surface area contributed by atoms with E-state index in [9.17, 15) is 8.42 Å². The summed E-state index contributed by atoms with van der Waals surface area (Å²) in [6, 6.07) is 14.8. The number of nitrogens with one attached hydrogen (secondary N) is 1. The van der Waals surface area contributed by atoms with E-state index in [0.717, 1.165) is 51.0 Å². The molecule has 2 aromatic rings. The van der Waals surface area contributed by atoms with Crippen LogP contribution in [-0.4, -0.2) is 37.4 Å². The van der Waals surface area contributed by atoms with E-state index in [1.165, 1.54) is 0 Å². The summed E-state index contributed by atoms with van der Waals surface area (Å²) >= 11 is 0. The molecule has 138 valence electrons. The molecule has 1 spiro atoms. The van der Waals surface area contributed by atoms with Crippen molar-refractivity contribution in [1.29, 1.82) is 0 Å². The Labute approximate surface area is 155 Å². The highest BCUT2D eigenvalue weighted by Crippen LogP contribution is 2.49. The molecule has 1 atom stereocenters. The third kappa shape index (κ3) is 3.54. The number of benzene rings is 1. The molecule has 1 aliphatic heterocycles. The normalized spacial score (nSPS) is 22.8. The van der Waals surface area contributed by atoms with Gasteiger partial charge in [0.05, 0.1) is 10.6 Å². The largest absolute Gasteiger partial charge is 0.297 e. The van der Waals surface area contributed by atoms with Gasteiger partial charge in [0.1, 0.15) is 0 Å². The first-order valence-electron chi connectivity index (χ1n) is 9.27. The van der Waals surface area contributed by atoms with E-state index < -0.39 is 10.0 Å². The van der Waals surface area contributed by atoms with Crippen LogP contribution in [0.4, 0.5) is 0 Å². The molecule has 5 nitrogen and oxygen atoms in total. The summed E-state index contributed by atoms with van der Waals surface area (Å²) < 4.78 is 28.2. The smallest absolute Gasteiger partial charge is 0.240 e. The molecule has 26 heavy (non-hydrogen) atoms. The van der Waals surface area contributed by atoms with E-state index in [1.54, 1.807) is 24.3 Å². The van der Waals surface area contributed by atoms with Crippen molar-refractivity contribution in [2.75, 3.05) is 13.1 Å². The maximum Gasteiger partial charge on any atom is 0.240 e. The van der Waals surface area contributed by atoms with Gasteiger partial charge in [-0.15, -0.1) is 0 Å². The fourth-order valence-corrected chi connectivity index (χ4v) is 5.61. The molecule has 4 rings (SSSR count). The van der Waals surface area contributed by atoms with Gasteiger partial charge >= 0.3 is 0 Å². The molecular formula is C20H25N3O2S. The van der Waals surface area contributed by atoms with Crippen molar-refractivity contribution in [2.45, 2.75) is 43.2 Å². The Balaban J connectivity index is 1.37. The molecule has 2 heterocycles. The van der Waals surface area contributed by atoms with Gasteiger partial charge in [-0.25, -0.2) is 13.1 Å². The molecule has 1 unspecified atom stereocenters. The Hall–Kier alpha value is -1.76. The highest BCUT2D eigenvalue weighted by Gasteiger charge is 2.49. The van der Waals surface area contributed by atoms with Crippen LogP contribution in [0.2, 0.25) is 0 Å². The minimum Gasteiger partial charge on any atom is -0.297 e. The molecule has 6 heteroatoms. The average Bonchev–Trinajstić information content (AvgIpc) is 2.68. The van der Waals surface area contributed by atoms with Crippen molar-refractivity contribution in [2.24, 2.45) is 5.41 Å². The molecule has 1 N–H and O–H groups in total. The minimum atomic E-state index is -3.43. The van der Waals surface area contributed by atoms with Gasteiger partial charge in [-0.1, -0.05) is 24.3 Å². The third-order valence-electron chi connectivity index (χ3n) is 5.98. The van der Waals surface area contributed by atoms with Gasteiger partial charge in [-0.3, -0.25) is 9.88 Å². The van der Waals surface area contributed by atoms with Crippen LogP contribution in [0.15, 0.2) is 59.6 Å². The molecule has 1 saturated heterocycles. The molecule has 1 saturated carbocycles. The Morgan fingerprint density at radius 2 is 1.77 bits per heavy atom. The first-order chi connectivity index (χ1) is 12.6. The second-order valence-corrected chi connectivity index (χ2v) is 9.20. The number of sulfonamides is 1. The number of likely N-dealkylation sites (tertiary alicyclic amines) is 1. The Morgan fingerprint density at radius 1 is 1.04 bits per heavy atom. The van der Waals surface area contributed by atoms with E-state index in [4.69, 9.17) is 0 Å². The predicted octanol–water partition coefficient (Wildman–Crippen LogP) is 2.80. The molecule has 0 amide bonds. The van der Waals surface area contributed by atoms with Gasteiger partial charge in [0, 0.05) is 18.8 Å². The second kappa shape index (κ2) is 7.10. The lowest BCUT2D eigenvalue weighted by Gasteiger charge is -2.53. The van der Waals surface area contributed by atoms with Gasteiger partial charge < -0.3 is 0 Å². The van der Waals surface area contributed by atoms with E-state index in [1.807, 2.05) is 24.4 Å². The summed E-state index contributed by atoms with van der Waals surface area (Å²) in [6.07, 6.45) is 5.98. The number of aromatic nitrogens is 1. The SMILES string of the molecule is O=S(=O)(NC1CCC12CCN(Cc1ccccn1)CC2)c1ccccc1. The molecule has 1 aliphatic carbocycles. The van der Waals surface area contributed by atoms with E-state index >= 15 is 0 Å². The Morgan fingerprint density at radius 3 is 2.38 bits per heavy atom. The van der Waals surface area contributed by atoms with Crippen LogP contribution in [0.3, 0.4) is 0 Å². The number of rotatable bonds is 5. The van der Waals surface area contributed by atoms with Crippen molar-refractivity contribution in [3.8, 4) is 0 Å². The summed E-state index contributed by atoms with van der Waals surface area (Å²) in [5, 5.41) is 0. The van der Waals surface area contributed by atoms with Gasteiger partial charge in [-0.2, -0.15) is 0 Å². The molecule has 2 aliphatic rings. The molecule has 1 aromatic heterocycles. The maximum absolute atomic E-state index is 12.6. The van der Waals surface area contributed by atoms with Gasteiger partial charge in [0.2, 0.25) is 10.0 Å². The zero-order valence-corrected chi connectivity index (χ0v) is 15.7.